The molecule has 116 valence electrons. The number of ether oxygens (including phenoxy) is 1. The molecule has 1 atom stereocenters. The third kappa shape index (κ3) is 2.34. The van der Waals surface area contributed by atoms with Crippen molar-refractivity contribution in [2.75, 3.05) is 0 Å². The Morgan fingerprint density at radius 2 is 1.95 bits per heavy atom. The first-order valence-electron chi connectivity index (χ1n) is 7.63. The molecule has 1 N–H and O–H groups in total. The second-order valence-corrected chi connectivity index (χ2v) is 6.35. The fourth-order valence-electron chi connectivity index (χ4n) is 3.49. The van der Waals surface area contributed by atoms with E-state index in [9.17, 15) is 9.90 Å². The summed E-state index contributed by atoms with van der Waals surface area (Å²) in [5.74, 6) is -0.839. The van der Waals surface area contributed by atoms with Gasteiger partial charge in [0, 0.05) is 10.9 Å². The van der Waals surface area contributed by atoms with E-state index in [0.29, 0.717) is 17.9 Å². The molecule has 3 rings (SSSR count). The monoisotopic (exact) mass is 318 g/mol. The summed E-state index contributed by atoms with van der Waals surface area (Å²) in [6, 6.07) is 7.29. The van der Waals surface area contributed by atoms with Gasteiger partial charge in [-0.1, -0.05) is 42.3 Å². The van der Waals surface area contributed by atoms with Crippen molar-refractivity contribution in [1.82, 2.24) is 0 Å². The summed E-state index contributed by atoms with van der Waals surface area (Å²) in [4.78, 5) is 12.4. The Bertz CT molecular complexity index is 641. The summed E-state index contributed by atoms with van der Waals surface area (Å²) in [6.45, 7) is 3.81. The summed E-state index contributed by atoms with van der Waals surface area (Å²) in [5.41, 5.74) is 0.211. The van der Waals surface area contributed by atoms with E-state index in [-0.39, 0.29) is 11.3 Å². The Hall–Kier alpha value is -1.74. The van der Waals surface area contributed by atoms with Crippen LogP contribution in [-0.4, -0.2) is 16.7 Å². The minimum Gasteiger partial charge on any atom is -0.507 e. The summed E-state index contributed by atoms with van der Waals surface area (Å²) >= 11 is 6.24. The van der Waals surface area contributed by atoms with Crippen LogP contribution < -0.4 is 0 Å². The molecule has 1 unspecified atom stereocenters. The lowest BCUT2D eigenvalue weighted by Crippen LogP contribution is -2.34. The molecular weight excluding hydrogens is 300 g/mol. The van der Waals surface area contributed by atoms with Gasteiger partial charge in [0.2, 0.25) is 0 Å². The number of halogens is 1. The molecule has 22 heavy (non-hydrogen) atoms. The van der Waals surface area contributed by atoms with Crippen LogP contribution in [0, 0.1) is 0 Å². The van der Waals surface area contributed by atoms with Crippen LogP contribution in [0.2, 0.25) is 5.02 Å². The van der Waals surface area contributed by atoms with E-state index in [1.165, 1.54) is 0 Å². The molecule has 1 fully saturated rings. The molecule has 1 aromatic rings. The van der Waals surface area contributed by atoms with E-state index in [2.05, 4.69) is 6.58 Å². The van der Waals surface area contributed by atoms with Crippen LogP contribution in [0.3, 0.4) is 0 Å². The van der Waals surface area contributed by atoms with Gasteiger partial charge in [-0.3, -0.25) is 0 Å². The van der Waals surface area contributed by atoms with Crippen LogP contribution in [0.5, 0.6) is 0 Å². The average Bonchev–Trinajstić information content (AvgIpc) is 2.75. The Morgan fingerprint density at radius 1 is 1.27 bits per heavy atom. The third-order valence-electron chi connectivity index (χ3n) is 4.64. The molecule has 3 nitrogen and oxygen atoms in total. The van der Waals surface area contributed by atoms with Crippen molar-refractivity contribution in [3.8, 4) is 0 Å². The summed E-state index contributed by atoms with van der Waals surface area (Å²) in [6.07, 6.45) is 6.01. The number of benzene rings is 1. The minimum atomic E-state index is -0.826. The standard InChI is InChI=1S/C18H19ClO3/c1-2-12(13-8-4-5-9-14(13)19)15-16(20)18(22-17(15)21)10-6-3-7-11-18/h2,4-5,8-9,12,20H,1,3,6-7,10-11H2. The zero-order valence-electron chi connectivity index (χ0n) is 12.3. The van der Waals surface area contributed by atoms with Gasteiger partial charge < -0.3 is 9.84 Å². The third-order valence-corrected chi connectivity index (χ3v) is 4.99. The van der Waals surface area contributed by atoms with Crippen molar-refractivity contribution in [2.24, 2.45) is 0 Å². The molecule has 0 bridgehead atoms. The topological polar surface area (TPSA) is 46.5 Å². The van der Waals surface area contributed by atoms with E-state index in [1.807, 2.05) is 18.2 Å². The molecule has 1 aliphatic heterocycles. The number of aliphatic hydroxyl groups excluding tert-OH is 1. The first-order valence-corrected chi connectivity index (χ1v) is 8.01. The predicted molar refractivity (Wildman–Crippen MR) is 86.0 cm³/mol. The molecule has 1 saturated carbocycles. The number of hydrogen-bond acceptors (Lipinski definition) is 3. The molecule has 0 radical (unpaired) electrons. The van der Waals surface area contributed by atoms with E-state index in [4.69, 9.17) is 16.3 Å². The molecule has 1 aromatic carbocycles. The normalized spacial score (nSPS) is 21.8. The van der Waals surface area contributed by atoms with Crippen molar-refractivity contribution in [2.45, 2.75) is 43.6 Å². The lowest BCUT2D eigenvalue weighted by atomic mass is 9.81. The van der Waals surface area contributed by atoms with Crippen molar-refractivity contribution in [3.05, 3.63) is 58.8 Å². The highest BCUT2D eigenvalue weighted by molar-refractivity contribution is 6.31. The van der Waals surface area contributed by atoms with E-state index in [0.717, 1.165) is 24.8 Å². The molecule has 1 aliphatic carbocycles. The highest BCUT2D eigenvalue weighted by Gasteiger charge is 2.50. The van der Waals surface area contributed by atoms with Crippen molar-refractivity contribution < 1.29 is 14.6 Å². The quantitative estimate of drug-likeness (QED) is 0.650. The fraction of sp³-hybridized carbons (Fsp3) is 0.389. The molecule has 0 saturated heterocycles. The number of aliphatic hydroxyl groups is 1. The van der Waals surface area contributed by atoms with Crippen LogP contribution in [0.1, 0.15) is 43.6 Å². The van der Waals surface area contributed by atoms with Gasteiger partial charge in [0.15, 0.2) is 5.60 Å². The van der Waals surface area contributed by atoms with Crippen LogP contribution in [0.4, 0.5) is 0 Å². The van der Waals surface area contributed by atoms with Crippen LogP contribution in [0.15, 0.2) is 48.3 Å². The Morgan fingerprint density at radius 3 is 2.59 bits per heavy atom. The second-order valence-electron chi connectivity index (χ2n) is 5.94. The number of carbonyl (C=O) groups is 1. The highest BCUT2D eigenvalue weighted by atomic mass is 35.5. The Labute approximate surface area is 135 Å². The van der Waals surface area contributed by atoms with Crippen LogP contribution >= 0.6 is 11.6 Å². The number of allylic oxidation sites excluding steroid dienone is 1. The largest absolute Gasteiger partial charge is 0.507 e. The van der Waals surface area contributed by atoms with Gasteiger partial charge in [-0.05, 0) is 37.3 Å². The van der Waals surface area contributed by atoms with Gasteiger partial charge in [0.05, 0.1) is 5.57 Å². The van der Waals surface area contributed by atoms with Gasteiger partial charge >= 0.3 is 5.97 Å². The maximum Gasteiger partial charge on any atom is 0.339 e. The van der Waals surface area contributed by atoms with E-state index in [1.54, 1.807) is 12.1 Å². The first kappa shape index (κ1) is 15.2. The summed E-state index contributed by atoms with van der Waals surface area (Å²) in [5, 5.41) is 11.3. The van der Waals surface area contributed by atoms with Crippen molar-refractivity contribution in [1.29, 1.82) is 0 Å². The van der Waals surface area contributed by atoms with E-state index < -0.39 is 17.5 Å². The molecule has 1 heterocycles. The zero-order valence-corrected chi connectivity index (χ0v) is 13.1. The Kier molecular flexibility index (Phi) is 4.00. The van der Waals surface area contributed by atoms with E-state index >= 15 is 0 Å². The SMILES string of the molecule is C=CC(C1=C(O)C2(CCCCC2)OC1=O)c1ccccc1Cl. The first-order chi connectivity index (χ1) is 10.6. The molecule has 4 heteroatoms. The van der Waals surface area contributed by atoms with Crippen LogP contribution in [-0.2, 0) is 9.53 Å². The molecule has 1 spiro atoms. The molecule has 0 aromatic heterocycles. The van der Waals surface area contributed by atoms with Gasteiger partial charge in [-0.25, -0.2) is 4.79 Å². The summed E-state index contributed by atoms with van der Waals surface area (Å²) < 4.78 is 5.60. The molecule has 2 aliphatic rings. The second kappa shape index (κ2) is 5.81. The average molecular weight is 319 g/mol. The maximum atomic E-state index is 12.4. The molecule has 0 amide bonds. The van der Waals surface area contributed by atoms with Gasteiger partial charge in [-0.15, -0.1) is 6.58 Å². The van der Waals surface area contributed by atoms with Crippen molar-refractivity contribution in [3.63, 3.8) is 0 Å². The van der Waals surface area contributed by atoms with Gasteiger partial charge in [-0.2, -0.15) is 0 Å². The minimum absolute atomic E-state index is 0.0713. The smallest absolute Gasteiger partial charge is 0.339 e. The van der Waals surface area contributed by atoms with Crippen molar-refractivity contribution >= 4 is 17.6 Å². The lowest BCUT2D eigenvalue weighted by molar-refractivity contribution is -0.151. The van der Waals surface area contributed by atoms with Crippen LogP contribution in [0.25, 0.3) is 0 Å². The number of hydrogen-bond donors (Lipinski definition) is 1. The number of esters is 1. The number of rotatable bonds is 3. The van der Waals surface area contributed by atoms with Gasteiger partial charge in [0.1, 0.15) is 5.76 Å². The molecular formula is C18H19ClO3. The number of carbonyl (C=O) groups excluding carboxylic acids is 1. The Balaban J connectivity index is 2.06. The summed E-state index contributed by atoms with van der Waals surface area (Å²) in [7, 11) is 0. The lowest BCUT2D eigenvalue weighted by Gasteiger charge is -2.31. The fourth-order valence-corrected chi connectivity index (χ4v) is 3.74. The highest BCUT2D eigenvalue weighted by Crippen LogP contribution is 2.46. The maximum absolute atomic E-state index is 12.4. The van der Waals surface area contributed by atoms with Gasteiger partial charge in [0.25, 0.3) is 0 Å². The predicted octanol–water partition coefficient (Wildman–Crippen LogP) is 4.68. The zero-order chi connectivity index (χ0) is 15.7.